The van der Waals surface area contributed by atoms with E-state index in [1.54, 1.807) is 24.9 Å². The van der Waals surface area contributed by atoms with Crippen molar-refractivity contribution in [1.82, 2.24) is 15.1 Å². The van der Waals surface area contributed by atoms with Crippen molar-refractivity contribution < 1.29 is 14.3 Å². The Hall–Kier alpha value is -2.57. The minimum absolute atomic E-state index is 0.238. The van der Waals surface area contributed by atoms with E-state index in [4.69, 9.17) is 10.5 Å². The molecule has 21 heavy (non-hydrogen) atoms. The highest BCUT2D eigenvalue weighted by Crippen LogP contribution is 2.37. The van der Waals surface area contributed by atoms with Crippen LogP contribution in [0.4, 0.5) is 5.69 Å². The number of fused-ring (bicyclic) bond motifs is 1. The number of ether oxygens (including phenoxy) is 1. The number of hydrogen-bond donors (Lipinski definition) is 2. The van der Waals surface area contributed by atoms with Crippen molar-refractivity contribution in [3.05, 3.63) is 17.8 Å². The number of anilines is 1. The Morgan fingerprint density at radius 2 is 2.19 bits per heavy atom. The summed E-state index contributed by atoms with van der Waals surface area (Å²) in [6.07, 6.45) is 0.782. The zero-order chi connectivity index (χ0) is 15.1. The molecule has 2 aromatic rings. The number of amides is 2. The molecule has 1 unspecified atom stereocenters. The summed E-state index contributed by atoms with van der Waals surface area (Å²) in [6.45, 7) is 0. The fourth-order valence-corrected chi connectivity index (χ4v) is 2.81. The third kappa shape index (κ3) is 2.01. The molecular formula is C14H16N4O3. The number of carbonyl (C=O) groups excluding carboxylic acids is 2. The predicted octanol–water partition coefficient (Wildman–Crippen LogP) is 0.684. The average Bonchev–Trinajstić information content (AvgIpc) is 2.76. The standard InChI is InChI=1S/C14H16N4O3/c1-18-12-7(3-5-9(15)13(12)21-2)11(17-18)8-4-6-10(19)16-14(8)20/h3,5,8H,4,6,15H2,1-2H3,(H,16,19,20). The number of aryl methyl sites for hydroxylation is 1. The average molecular weight is 288 g/mol. The second-order valence-electron chi connectivity index (χ2n) is 5.10. The van der Waals surface area contributed by atoms with E-state index in [0.29, 0.717) is 30.0 Å². The lowest BCUT2D eigenvalue weighted by Gasteiger charge is -2.19. The van der Waals surface area contributed by atoms with E-state index < -0.39 is 5.92 Å². The van der Waals surface area contributed by atoms with E-state index >= 15 is 0 Å². The number of piperidine rings is 1. The molecule has 110 valence electrons. The van der Waals surface area contributed by atoms with Gasteiger partial charge in [0.25, 0.3) is 0 Å². The van der Waals surface area contributed by atoms with Crippen LogP contribution in [-0.2, 0) is 16.6 Å². The van der Waals surface area contributed by atoms with Crippen LogP contribution in [0.3, 0.4) is 0 Å². The molecule has 7 nitrogen and oxygen atoms in total. The first-order chi connectivity index (χ1) is 10.0. The van der Waals surface area contributed by atoms with E-state index in [1.807, 2.05) is 6.07 Å². The molecule has 0 saturated carbocycles. The summed E-state index contributed by atoms with van der Waals surface area (Å²) in [6, 6.07) is 3.57. The van der Waals surface area contributed by atoms with Gasteiger partial charge in [0.05, 0.1) is 24.4 Å². The summed E-state index contributed by atoms with van der Waals surface area (Å²) in [7, 11) is 3.32. The first-order valence-electron chi connectivity index (χ1n) is 6.65. The quantitative estimate of drug-likeness (QED) is 0.625. The molecule has 1 aliphatic heterocycles. The van der Waals surface area contributed by atoms with Crippen LogP contribution in [0.25, 0.3) is 10.9 Å². The summed E-state index contributed by atoms with van der Waals surface area (Å²) in [5.74, 6) is -0.430. The van der Waals surface area contributed by atoms with Gasteiger partial charge >= 0.3 is 0 Å². The largest absolute Gasteiger partial charge is 0.492 e. The number of methoxy groups -OCH3 is 1. The minimum Gasteiger partial charge on any atom is -0.492 e. The topological polar surface area (TPSA) is 99.2 Å². The van der Waals surface area contributed by atoms with Gasteiger partial charge in [-0.2, -0.15) is 5.10 Å². The number of carbonyl (C=O) groups is 2. The molecule has 7 heteroatoms. The first kappa shape index (κ1) is 13.4. The van der Waals surface area contributed by atoms with Gasteiger partial charge in [0.1, 0.15) is 5.52 Å². The van der Waals surface area contributed by atoms with Crippen LogP contribution in [0.1, 0.15) is 24.5 Å². The zero-order valence-electron chi connectivity index (χ0n) is 11.8. The Kier molecular flexibility index (Phi) is 3.04. The summed E-state index contributed by atoms with van der Waals surface area (Å²) < 4.78 is 7.00. The monoisotopic (exact) mass is 288 g/mol. The maximum atomic E-state index is 12.0. The third-order valence-corrected chi connectivity index (χ3v) is 3.79. The maximum absolute atomic E-state index is 12.0. The molecule has 1 atom stereocenters. The van der Waals surface area contributed by atoms with Crippen molar-refractivity contribution in [2.75, 3.05) is 12.8 Å². The summed E-state index contributed by atoms with van der Waals surface area (Å²) in [5.41, 5.74) is 7.82. The Bertz CT molecular complexity index is 750. The van der Waals surface area contributed by atoms with Gasteiger partial charge in [0.2, 0.25) is 11.8 Å². The van der Waals surface area contributed by atoms with Crippen molar-refractivity contribution in [2.24, 2.45) is 7.05 Å². The molecule has 1 saturated heterocycles. The normalized spacial score (nSPS) is 18.9. The van der Waals surface area contributed by atoms with Gasteiger partial charge in [0.15, 0.2) is 5.75 Å². The highest BCUT2D eigenvalue weighted by Gasteiger charge is 2.32. The Labute approximate surface area is 121 Å². The van der Waals surface area contributed by atoms with Crippen LogP contribution in [-0.4, -0.2) is 28.7 Å². The zero-order valence-corrected chi connectivity index (χ0v) is 11.8. The highest BCUT2D eigenvalue weighted by molar-refractivity contribution is 6.03. The summed E-state index contributed by atoms with van der Waals surface area (Å²) in [4.78, 5) is 23.3. The van der Waals surface area contributed by atoms with E-state index in [9.17, 15) is 9.59 Å². The molecule has 0 spiro atoms. The van der Waals surface area contributed by atoms with E-state index in [-0.39, 0.29) is 11.8 Å². The first-order valence-corrected chi connectivity index (χ1v) is 6.65. The molecule has 1 aromatic carbocycles. The Balaban J connectivity index is 2.17. The number of nitrogen functional groups attached to an aromatic ring is 1. The smallest absolute Gasteiger partial charge is 0.235 e. The number of imide groups is 1. The van der Waals surface area contributed by atoms with Crippen LogP contribution < -0.4 is 15.8 Å². The number of nitrogens with two attached hydrogens (primary N) is 1. The van der Waals surface area contributed by atoms with Crippen molar-refractivity contribution in [1.29, 1.82) is 0 Å². The van der Waals surface area contributed by atoms with Crippen molar-refractivity contribution in [2.45, 2.75) is 18.8 Å². The van der Waals surface area contributed by atoms with Crippen molar-refractivity contribution in [3.8, 4) is 5.75 Å². The second-order valence-corrected chi connectivity index (χ2v) is 5.10. The molecule has 2 amide bonds. The highest BCUT2D eigenvalue weighted by atomic mass is 16.5. The number of benzene rings is 1. The Morgan fingerprint density at radius 3 is 2.86 bits per heavy atom. The fourth-order valence-electron chi connectivity index (χ4n) is 2.81. The van der Waals surface area contributed by atoms with Crippen LogP contribution in [0, 0.1) is 0 Å². The molecule has 1 fully saturated rings. The van der Waals surface area contributed by atoms with E-state index in [2.05, 4.69) is 10.4 Å². The number of rotatable bonds is 2. The molecule has 3 rings (SSSR count). The van der Waals surface area contributed by atoms with Crippen molar-refractivity contribution >= 4 is 28.4 Å². The van der Waals surface area contributed by atoms with E-state index in [0.717, 1.165) is 10.9 Å². The molecule has 1 aromatic heterocycles. The SMILES string of the molecule is COc1c(N)ccc2c(C3CCC(=O)NC3=O)nn(C)c12. The van der Waals surface area contributed by atoms with Crippen molar-refractivity contribution in [3.63, 3.8) is 0 Å². The minimum atomic E-state index is -0.431. The van der Waals surface area contributed by atoms with Gasteiger partial charge in [-0.3, -0.25) is 19.6 Å². The molecule has 0 radical (unpaired) electrons. The van der Waals surface area contributed by atoms with Gasteiger partial charge in [-0.05, 0) is 18.6 Å². The van der Waals surface area contributed by atoms with Crippen LogP contribution in [0.15, 0.2) is 12.1 Å². The third-order valence-electron chi connectivity index (χ3n) is 3.79. The lowest BCUT2D eigenvalue weighted by Crippen LogP contribution is -2.39. The summed E-state index contributed by atoms with van der Waals surface area (Å²) in [5, 5.41) is 7.62. The Morgan fingerprint density at radius 1 is 1.43 bits per heavy atom. The van der Waals surface area contributed by atoms with E-state index in [1.165, 1.54) is 0 Å². The van der Waals surface area contributed by atoms with Gasteiger partial charge in [-0.1, -0.05) is 0 Å². The molecule has 3 N–H and O–H groups in total. The number of nitrogens with zero attached hydrogens (tertiary/aromatic N) is 2. The van der Waals surface area contributed by atoms with Crippen LogP contribution >= 0.6 is 0 Å². The van der Waals surface area contributed by atoms with Gasteiger partial charge in [-0.15, -0.1) is 0 Å². The predicted molar refractivity (Wildman–Crippen MR) is 76.8 cm³/mol. The molecule has 0 aliphatic carbocycles. The van der Waals surface area contributed by atoms with Crippen LogP contribution in [0.2, 0.25) is 0 Å². The van der Waals surface area contributed by atoms with Crippen LogP contribution in [0.5, 0.6) is 5.75 Å². The maximum Gasteiger partial charge on any atom is 0.235 e. The molecule has 1 aliphatic rings. The number of aromatic nitrogens is 2. The van der Waals surface area contributed by atoms with Gasteiger partial charge < -0.3 is 10.5 Å². The van der Waals surface area contributed by atoms with Gasteiger partial charge in [0, 0.05) is 18.9 Å². The van der Waals surface area contributed by atoms with Gasteiger partial charge in [-0.25, -0.2) is 0 Å². The lowest BCUT2D eigenvalue weighted by molar-refractivity contribution is -0.134. The fraction of sp³-hybridized carbons (Fsp3) is 0.357. The molecular weight excluding hydrogens is 272 g/mol. The molecule has 0 bridgehead atoms. The number of hydrogen-bond acceptors (Lipinski definition) is 5. The number of nitrogens with one attached hydrogen (secondary N) is 1. The summed E-state index contributed by atoms with van der Waals surface area (Å²) >= 11 is 0. The molecule has 2 heterocycles. The lowest BCUT2D eigenvalue weighted by atomic mass is 9.92. The second kappa shape index (κ2) is 4.76.